The van der Waals surface area contributed by atoms with E-state index in [1.54, 1.807) is 6.92 Å². The number of rotatable bonds is 5. The largest absolute Gasteiger partial charge is 0.326 e. The van der Waals surface area contributed by atoms with Gasteiger partial charge in [-0.05, 0) is 31.9 Å². The number of carbonyl (C=O) groups excluding carboxylic acids is 1. The maximum atomic E-state index is 12.5. The molecule has 3 rings (SSSR count). The molecule has 0 spiro atoms. The molecule has 0 saturated carbocycles. The first-order chi connectivity index (χ1) is 12.0. The van der Waals surface area contributed by atoms with Crippen LogP contribution in [0.1, 0.15) is 19.8 Å². The molecule has 2 aromatic rings. The van der Waals surface area contributed by atoms with Crippen LogP contribution in [0.3, 0.4) is 0 Å². The number of anilines is 1. The zero-order valence-electron chi connectivity index (χ0n) is 14.0. The number of H-pyrrole nitrogens is 1. The number of benzene rings is 1. The van der Waals surface area contributed by atoms with Crippen molar-refractivity contribution in [3.63, 3.8) is 0 Å². The van der Waals surface area contributed by atoms with Crippen molar-refractivity contribution < 1.29 is 13.2 Å². The molecule has 1 aromatic carbocycles. The monoisotopic (exact) mass is 363 g/mol. The van der Waals surface area contributed by atoms with Crippen LogP contribution in [0.5, 0.6) is 0 Å². The second-order valence-electron chi connectivity index (χ2n) is 5.98. The lowest BCUT2D eigenvalue weighted by atomic mass is 9.97. The molecule has 0 aliphatic carbocycles. The first-order valence-electron chi connectivity index (χ1n) is 8.24. The predicted molar refractivity (Wildman–Crippen MR) is 94.2 cm³/mol. The highest BCUT2D eigenvalue weighted by Gasteiger charge is 2.30. The van der Waals surface area contributed by atoms with Gasteiger partial charge in [-0.3, -0.25) is 9.89 Å². The second kappa shape index (κ2) is 7.32. The maximum absolute atomic E-state index is 12.5. The number of nitrogens with one attached hydrogen (secondary N) is 2. The highest BCUT2D eigenvalue weighted by Crippen LogP contribution is 2.23. The normalized spacial score (nSPS) is 16.7. The van der Waals surface area contributed by atoms with E-state index in [-0.39, 0.29) is 17.6 Å². The molecular formula is C16H21N5O3S. The van der Waals surface area contributed by atoms with Crippen LogP contribution in [0.25, 0.3) is 11.4 Å². The van der Waals surface area contributed by atoms with Crippen molar-refractivity contribution in [2.24, 2.45) is 5.92 Å². The lowest BCUT2D eigenvalue weighted by molar-refractivity contribution is -0.120. The summed E-state index contributed by atoms with van der Waals surface area (Å²) >= 11 is 0. The van der Waals surface area contributed by atoms with Crippen LogP contribution in [0, 0.1) is 5.92 Å². The fourth-order valence-corrected chi connectivity index (χ4v) is 4.04. The molecule has 9 heteroatoms. The summed E-state index contributed by atoms with van der Waals surface area (Å²) < 4.78 is 25.2. The quantitative estimate of drug-likeness (QED) is 0.836. The number of sulfonamides is 1. The summed E-state index contributed by atoms with van der Waals surface area (Å²) in [4.78, 5) is 16.6. The van der Waals surface area contributed by atoms with Gasteiger partial charge in [0.1, 0.15) is 6.33 Å². The maximum Gasteiger partial charge on any atom is 0.227 e. The summed E-state index contributed by atoms with van der Waals surface area (Å²) in [6, 6.07) is 7.36. The summed E-state index contributed by atoms with van der Waals surface area (Å²) in [6.45, 7) is 2.42. The molecule has 134 valence electrons. The van der Waals surface area contributed by atoms with E-state index >= 15 is 0 Å². The van der Waals surface area contributed by atoms with Crippen LogP contribution in [-0.4, -0.2) is 52.7 Å². The van der Waals surface area contributed by atoms with Gasteiger partial charge >= 0.3 is 0 Å². The SMILES string of the molecule is CCS(=O)(=O)N1CCC(C(=O)Nc2cccc(-c3ncn[nH]3)c2)CC1. The van der Waals surface area contributed by atoms with E-state index in [1.165, 1.54) is 10.6 Å². The van der Waals surface area contributed by atoms with Gasteiger partial charge in [-0.1, -0.05) is 12.1 Å². The summed E-state index contributed by atoms with van der Waals surface area (Å²) in [5, 5.41) is 9.52. The molecule has 2 heterocycles. The molecule has 0 unspecified atom stereocenters. The number of aromatic amines is 1. The molecular weight excluding hydrogens is 342 g/mol. The van der Waals surface area contributed by atoms with E-state index in [0.717, 1.165) is 5.56 Å². The van der Waals surface area contributed by atoms with Gasteiger partial charge in [0.2, 0.25) is 15.9 Å². The molecule has 25 heavy (non-hydrogen) atoms. The van der Waals surface area contributed by atoms with Crippen LogP contribution in [-0.2, 0) is 14.8 Å². The van der Waals surface area contributed by atoms with Crippen molar-refractivity contribution in [3.05, 3.63) is 30.6 Å². The topological polar surface area (TPSA) is 108 Å². The summed E-state index contributed by atoms with van der Waals surface area (Å²) in [5.41, 5.74) is 1.52. The highest BCUT2D eigenvalue weighted by atomic mass is 32.2. The van der Waals surface area contributed by atoms with Crippen molar-refractivity contribution in [2.45, 2.75) is 19.8 Å². The van der Waals surface area contributed by atoms with Gasteiger partial charge in [0.05, 0.1) is 5.75 Å². The number of nitrogens with zero attached hydrogens (tertiary/aromatic N) is 3. The van der Waals surface area contributed by atoms with Crippen LogP contribution in [0.4, 0.5) is 5.69 Å². The Morgan fingerprint density at radius 2 is 2.12 bits per heavy atom. The highest BCUT2D eigenvalue weighted by molar-refractivity contribution is 7.89. The van der Waals surface area contributed by atoms with Gasteiger partial charge in [0.15, 0.2) is 5.82 Å². The molecule has 2 N–H and O–H groups in total. The number of aromatic nitrogens is 3. The molecule has 1 saturated heterocycles. The average Bonchev–Trinajstić information content (AvgIpc) is 3.17. The molecule has 1 amide bonds. The second-order valence-corrected chi connectivity index (χ2v) is 8.24. The smallest absolute Gasteiger partial charge is 0.227 e. The Morgan fingerprint density at radius 3 is 2.76 bits per heavy atom. The lowest BCUT2D eigenvalue weighted by Gasteiger charge is -2.30. The van der Waals surface area contributed by atoms with Crippen LogP contribution < -0.4 is 5.32 Å². The number of amides is 1. The van der Waals surface area contributed by atoms with Crippen LogP contribution in [0.15, 0.2) is 30.6 Å². The van der Waals surface area contributed by atoms with Gasteiger partial charge in [-0.25, -0.2) is 17.7 Å². The summed E-state index contributed by atoms with van der Waals surface area (Å²) in [5.74, 6) is 0.466. The molecule has 0 radical (unpaired) electrons. The Balaban J connectivity index is 1.61. The number of hydrogen-bond donors (Lipinski definition) is 2. The van der Waals surface area contributed by atoms with E-state index in [9.17, 15) is 13.2 Å². The Bertz CT molecular complexity index is 827. The van der Waals surface area contributed by atoms with E-state index in [4.69, 9.17) is 0 Å². The van der Waals surface area contributed by atoms with E-state index < -0.39 is 10.0 Å². The zero-order chi connectivity index (χ0) is 17.9. The van der Waals surface area contributed by atoms with Gasteiger partial charge < -0.3 is 5.32 Å². The van der Waals surface area contributed by atoms with Gasteiger partial charge in [-0.2, -0.15) is 5.10 Å². The van der Waals surface area contributed by atoms with E-state index in [2.05, 4.69) is 20.5 Å². The minimum absolute atomic E-state index is 0.0803. The third-order valence-electron chi connectivity index (χ3n) is 4.40. The summed E-state index contributed by atoms with van der Waals surface area (Å²) in [6.07, 6.45) is 2.50. The van der Waals surface area contributed by atoms with E-state index in [0.29, 0.717) is 37.4 Å². The van der Waals surface area contributed by atoms with Crippen LogP contribution >= 0.6 is 0 Å². The van der Waals surface area contributed by atoms with Crippen molar-refractivity contribution in [2.75, 3.05) is 24.2 Å². The van der Waals surface area contributed by atoms with Gasteiger partial charge in [-0.15, -0.1) is 0 Å². The Morgan fingerprint density at radius 1 is 1.36 bits per heavy atom. The van der Waals surface area contributed by atoms with Crippen molar-refractivity contribution in [1.29, 1.82) is 0 Å². The Hall–Kier alpha value is -2.26. The minimum Gasteiger partial charge on any atom is -0.326 e. The van der Waals surface area contributed by atoms with E-state index in [1.807, 2.05) is 24.3 Å². The van der Waals surface area contributed by atoms with Crippen molar-refractivity contribution >= 4 is 21.6 Å². The molecule has 0 atom stereocenters. The first-order valence-corrected chi connectivity index (χ1v) is 9.85. The molecule has 1 aromatic heterocycles. The average molecular weight is 363 g/mol. The predicted octanol–water partition coefficient (Wildman–Crippen LogP) is 1.47. The minimum atomic E-state index is -3.17. The lowest BCUT2D eigenvalue weighted by Crippen LogP contribution is -2.42. The standard InChI is InChI=1S/C16H21N5O3S/c1-2-25(23,24)21-8-6-12(7-9-21)16(22)19-14-5-3-4-13(10-14)15-17-11-18-20-15/h3-5,10-12H,2,6-9H2,1H3,(H,19,22)(H,17,18,20). The first kappa shape index (κ1) is 17.6. The Kier molecular flexibility index (Phi) is 5.14. The molecule has 8 nitrogen and oxygen atoms in total. The number of hydrogen-bond acceptors (Lipinski definition) is 5. The van der Waals surface area contributed by atoms with Crippen molar-refractivity contribution in [3.8, 4) is 11.4 Å². The van der Waals surface area contributed by atoms with Gasteiger partial charge in [0.25, 0.3) is 0 Å². The molecule has 1 aliphatic rings. The molecule has 0 bridgehead atoms. The molecule has 1 aliphatic heterocycles. The van der Waals surface area contributed by atoms with Gasteiger partial charge in [0, 0.05) is 30.3 Å². The third-order valence-corrected chi connectivity index (χ3v) is 6.28. The van der Waals surface area contributed by atoms with Crippen LogP contribution in [0.2, 0.25) is 0 Å². The summed E-state index contributed by atoms with van der Waals surface area (Å²) in [7, 11) is -3.17. The Labute approximate surface area is 146 Å². The zero-order valence-corrected chi connectivity index (χ0v) is 14.8. The fourth-order valence-electron chi connectivity index (χ4n) is 2.91. The van der Waals surface area contributed by atoms with Crippen molar-refractivity contribution in [1.82, 2.24) is 19.5 Å². The number of carbonyl (C=O) groups is 1. The fraction of sp³-hybridized carbons (Fsp3) is 0.438. The third kappa shape index (κ3) is 4.05. The number of piperidine rings is 1. The molecule has 1 fully saturated rings.